The zero-order valence-electron chi connectivity index (χ0n) is 13.0. The summed E-state index contributed by atoms with van der Waals surface area (Å²) < 4.78 is 3.84. The van der Waals surface area contributed by atoms with Crippen molar-refractivity contribution in [2.24, 2.45) is 7.05 Å². The highest BCUT2D eigenvalue weighted by Gasteiger charge is 2.14. The number of fused-ring (bicyclic) bond motifs is 1. The summed E-state index contributed by atoms with van der Waals surface area (Å²) in [6.07, 6.45) is -0.440. The molecule has 2 heterocycles. The summed E-state index contributed by atoms with van der Waals surface area (Å²) in [7, 11) is 1.89. The Morgan fingerprint density at radius 2 is 2.05 bits per heavy atom. The van der Waals surface area contributed by atoms with E-state index in [1.807, 2.05) is 38.2 Å². The van der Waals surface area contributed by atoms with Gasteiger partial charge in [0.25, 0.3) is 0 Å². The average Bonchev–Trinajstić information content (AvgIpc) is 2.98. The Hall–Kier alpha value is -2.41. The van der Waals surface area contributed by atoms with Crippen LogP contribution in [0.1, 0.15) is 18.6 Å². The number of aliphatic hydroxyl groups is 1. The Bertz CT molecular complexity index is 789. The van der Waals surface area contributed by atoms with Crippen LogP contribution < -0.4 is 5.32 Å². The second-order valence-electron chi connectivity index (χ2n) is 5.44. The van der Waals surface area contributed by atoms with E-state index in [9.17, 15) is 5.11 Å². The SMILES string of the molecule is Cc1nc(Cn2c(NCC(C)O)nc3ccccc32)n(C)n1. The van der Waals surface area contributed by atoms with Crippen LogP contribution in [-0.4, -0.2) is 42.1 Å². The van der Waals surface area contributed by atoms with Crippen LogP contribution in [0, 0.1) is 6.92 Å². The second kappa shape index (κ2) is 5.76. The minimum atomic E-state index is -0.440. The van der Waals surface area contributed by atoms with E-state index in [4.69, 9.17) is 0 Å². The molecule has 2 N–H and O–H groups in total. The van der Waals surface area contributed by atoms with Gasteiger partial charge in [0.1, 0.15) is 11.6 Å². The van der Waals surface area contributed by atoms with Crippen LogP contribution in [0.15, 0.2) is 24.3 Å². The number of aromatic nitrogens is 5. The lowest BCUT2D eigenvalue weighted by Gasteiger charge is -2.11. The van der Waals surface area contributed by atoms with E-state index in [2.05, 4.69) is 25.0 Å². The van der Waals surface area contributed by atoms with Crippen LogP contribution in [0.4, 0.5) is 5.95 Å². The molecule has 116 valence electrons. The predicted octanol–water partition coefficient (Wildman–Crippen LogP) is 1.31. The van der Waals surface area contributed by atoms with Gasteiger partial charge in [0.15, 0.2) is 0 Å². The lowest BCUT2D eigenvalue weighted by molar-refractivity contribution is 0.208. The number of nitrogens with one attached hydrogen (secondary N) is 1. The number of hydrogen-bond acceptors (Lipinski definition) is 5. The number of rotatable bonds is 5. The fourth-order valence-corrected chi connectivity index (χ4v) is 2.44. The largest absolute Gasteiger partial charge is 0.392 e. The highest BCUT2D eigenvalue weighted by molar-refractivity contribution is 5.78. The first kappa shape index (κ1) is 14.5. The fourth-order valence-electron chi connectivity index (χ4n) is 2.44. The summed E-state index contributed by atoms with van der Waals surface area (Å²) in [5, 5.41) is 17.0. The first-order valence-corrected chi connectivity index (χ1v) is 7.28. The summed E-state index contributed by atoms with van der Waals surface area (Å²) in [5.41, 5.74) is 1.94. The Morgan fingerprint density at radius 1 is 1.27 bits per heavy atom. The molecule has 7 heteroatoms. The molecule has 0 amide bonds. The highest BCUT2D eigenvalue weighted by atomic mass is 16.3. The van der Waals surface area contributed by atoms with Crippen LogP contribution in [0.5, 0.6) is 0 Å². The Labute approximate surface area is 128 Å². The molecular weight excluding hydrogens is 280 g/mol. The summed E-state index contributed by atoms with van der Waals surface area (Å²) >= 11 is 0. The molecule has 0 saturated heterocycles. The smallest absolute Gasteiger partial charge is 0.204 e. The van der Waals surface area contributed by atoms with Gasteiger partial charge in [0, 0.05) is 13.6 Å². The number of anilines is 1. The van der Waals surface area contributed by atoms with Gasteiger partial charge in [0.05, 0.1) is 23.7 Å². The molecule has 3 rings (SSSR count). The lowest BCUT2D eigenvalue weighted by atomic mass is 10.3. The molecule has 1 aromatic carbocycles. The molecular formula is C15H20N6O. The maximum atomic E-state index is 9.49. The van der Waals surface area contributed by atoms with Crippen molar-refractivity contribution in [3.63, 3.8) is 0 Å². The first-order valence-electron chi connectivity index (χ1n) is 7.28. The van der Waals surface area contributed by atoms with Gasteiger partial charge in [-0.25, -0.2) is 9.97 Å². The summed E-state index contributed by atoms with van der Waals surface area (Å²) in [4.78, 5) is 9.05. The summed E-state index contributed by atoms with van der Waals surface area (Å²) in [6.45, 7) is 4.63. The molecule has 0 spiro atoms. The van der Waals surface area contributed by atoms with E-state index in [-0.39, 0.29) is 0 Å². The molecule has 1 unspecified atom stereocenters. The maximum Gasteiger partial charge on any atom is 0.204 e. The fraction of sp³-hybridized carbons (Fsp3) is 0.400. The van der Waals surface area contributed by atoms with Gasteiger partial charge in [0.2, 0.25) is 5.95 Å². The zero-order chi connectivity index (χ0) is 15.7. The van der Waals surface area contributed by atoms with E-state index in [0.29, 0.717) is 13.1 Å². The van der Waals surface area contributed by atoms with Crippen molar-refractivity contribution in [2.45, 2.75) is 26.5 Å². The van der Waals surface area contributed by atoms with Crippen molar-refractivity contribution < 1.29 is 5.11 Å². The van der Waals surface area contributed by atoms with E-state index in [0.717, 1.165) is 28.6 Å². The number of para-hydroxylation sites is 2. The van der Waals surface area contributed by atoms with Gasteiger partial charge in [-0.3, -0.25) is 4.68 Å². The highest BCUT2D eigenvalue weighted by Crippen LogP contribution is 2.20. The summed E-state index contributed by atoms with van der Waals surface area (Å²) in [5.74, 6) is 2.34. The minimum absolute atomic E-state index is 0.440. The topological polar surface area (TPSA) is 80.8 Å². The molecule has 0 aliphatic rings. The average molecular weight is 300 g/mol. The van der Waals surface area contributed by atoms with Gasteiger partial charge in [-0.2, -0.15) is 5.10 Å². The van der Waals surface area contributed by atoms with Gasteiger partial charge in [-0.05, 0) is 26.0 Å². The molecule has 0 bridgehead atoms. The first-order chi connectivity index (χ1) is 10.5. The van der Waals surface area contributed by atoms with Gasteiger partial charge in [-0.1, -0.05) is 12.1 Å². The molecule has 0 saturated carbocycles. The van der Waals surface area contributed by atoms with E-state index in [1.165, 1.54) is 0 Å². The molecule has 0 radical (unpaired) electrons. The Kier molecular flexibility index (Phi) is 3.81. The Balaban J connectivity index is 2.01. The monoisotopic (exact) mass is 300 g/mol. The molecule has 7 nitrogen and oxygen atoms in total. The number of nitrogens with zero attached hydrogens (tertiary/aromatic N) is 5. The minimum Gasteiger partial charge on any atom is -0.392 e. The number of imidazole rings is 1. The zero-order valence-corrected chi connectivity index (χ0v) is 13.0. The van der Waals surface area contributed by atoms with Crippen molar-refractivity contribution >= 4 is 17.0 Å². The number of aryl methyl sites for hydroxylation is 2. The lowest BCUT2D eigenvalue weighted by Crippen LogP contribution is -2.19. The maximum absolute atomic E-state index is 9.49. The van der Waals surface area contributed by atoms with Gasteiger partial charge in [-0.15, -0.1) is 0 Å². The molecule has 0 aliphatic heterocycles. The number of aliphatic hydroxyl groups excluding tert-OH is 1. The summed E-state index contributed by atoms with van der Waals surface area (Å²) in [6, 6.07) is 7.95. The molecule has 0 fully saturated rings. The van der Waals surface area contributed by atoms with E-state index in [1.54, 1.807) is 11.6 Å². The predicted molar refractivity (Wildman–Crippen MR) is 84.7 cm³/mol. The van der Waals surface area contributed by atoms with E-state index >= 15 is 0 Å². The van der Waals surface area contributed by atoms with Crippen molar-refractivity contribution in [1.82, 2.24) is 24.3 Å². The standard InChI is InChI=1S/C15H20N6O/c1-10(22)8-16-15-18-12-6-4-5-7-13(12)21(15)9-14-17-11(2)19-20(14)3/h4-7,10,22H,8-9H2,1-3H3,(H,16,18). The van der Waals surface area contributed by atoms with Crippen LogP contribution in [-0.2, 0) is 13.6 Å². The quantitative estimate of drug-likeness (QED) is 0.742. The molecule has 3 aromatic rings. The van der Waals surface area contributed by atoms with Gasteiger partial charge < -0.3 is 15.0 Å². The van der Waals surface area contributed by atoms with Crippen LogP contribution >= 0.6 is 0 Å². The van der Waals surface area contributed by atoms with Crippen LogP contribution in [0.25, 0.3) is 11.0 Å². The van der Waals surface area contributed by atoms with Crippen LogP contribution in [0.3, 0.4) is 0 Å². The number of benzene rings is 1. The van der Waals surface area contributed by atoms with Crippen molar-refractivity contribution in [3.05, 3.63) is 35.9 Å². The van der Waals surface area contributed by atoms with Crippen molar-refractivity contribution in [2.75, 3.05) is 11.9 Å². The van der Waals surface area contributed by atoms with Crippen molar-refractivity contribution in [3.8, 4) is 0 Å². The molecule has 2 aromatic heterocycles. The van der Waals surface area contributed by atoms with Gasteiger partial charge >= 0.3 is 0 Å². The second-order valence-corrected chi connectivity index (χ2v) is 5.44. The third kappa shape index (κ3) is 2.80. The normalized spacial score (nSPS) is 12.7. The van der Waals surface area contributed by atoms with Crippen molar-refractivity contribution in [1.29, 1.82) is 0 Å². The molecule has 0 aliphatic carbocycles. The third-order valence-corrected chi connectivity index (χ3v) is 3.47. The molecule has 1 atom stereocenters. The molecule has 22 heavy (non-hydrogen) atoms. The Morgan fingerprint density at radius 3 is 2.73 bits per heavy atom. The van der Waals surface area contributed by atoms with Crippen LogP contribution in [0.2, 0.25) is 0 Å². The third-order valence-electron chi connectivity index (χ3n) is 3.47. The van der Waals surface area contributed by atoms with E-state index < -0.39 is 6.10 Å². The number of hydrogen-bond donors (Lipinski definition) is 2.